The van der Waals surface area contributed by atoms with Crippen LogP contribution < -0.4 is 9.47 Å². The zero-order valence-electron chi connectivity index (χ0n) is 11.2. The molecule has 6 heteroatoms. The Morgan fingerprint density at radius 1 is 0.850 bits per heavy atom. The normalized spacial score (nSPS) is 15.6. The molecule has 2 aromatic heterocycles. The van der Waals surface area contributed by atoms with Crippen LogP contribution in [0.1, 0.15) is 24.1 Å². The first-order valence-electron chi connectivity index (χ1n) is 6.78. The molecule has 0 radical (unpaired) electrons. The highest BCUT2D eigenvalue weighted by Crippen LogP contribution is 2.19. The van der Waals surface area contributed by atoms with Gasteiger partial charge in [0.25, 0.3) is 0 Å². The molecule has 4 rings (SSSR count). The first kappa shape index (κ1) is 12.8. The fourth-order valence-electron chi connectivity index (χ4n) is 2.13. The molecule has 4 heterocycles. The Labute approximate surface area is 117 Å². The number of ether oxygens (including phenoxy) is 2. The van der Waals surface area contributed by atoms with Crippen molar-refractivity contribution in [3.8, 4) is 11.8 Å². The second-order valence-corrected chi connectivity index (χ2v) is 4.57. The number of aromatic nitrogens is 4. The van der Waals surface area contributed by atoms with Crippen LogP contribution in [0.3, 0.4) is 0 Å². The van der Waals surface area contributed by atoms with Gasteiger partial charge in [-0.3, -0.25) is 4.98 Å². The second-order valence-electron chi connectivity index (χ2n) is 4.57. The van der Waals surface area contributed by atoms with Crippen LogP contribution in [0.4, 0.5) is 0 Å². The molecule has 20 heavy (non-hydrogen) atoms. The fourth-order valence-corrected chi connectivity index (χ4v) is 2.13. The number of nitrogens with zero attached hydrogens (tertiary/aromatic N) is 4. The Hall–Kier alpha value is -2.24. The van der Waals surface area contributed by atoms with Crippen LogP contribution in [0.25, 0.3) is 0 Å². The molecule has 0 saturated carbocycles. The quantitative estimate of drug-likeness (QED) is 0.725. The van der Waals surface area contributed by atoms with Crippen molar-refractivity contribution in [1.29, 1.82) is 0 Å². The van der Waals surface area contributed by atoms with Gasteiger partial charge < -0.3 is 9.47 Å². The van der Waals surface area contributed by atoms with E-state index in [9.17, 15) is 0 Å². The van der Waals surface area contributed by atoms with E-state index >= 15 is 0 Å². The third kappa shape index (κ3) is 3.01. The third-order valence-electron chi connectivity index (χ3n) is 3.11. The Balaban J connectivity index is 0.000000121. The van der Waals surface area contributed by atoms with E-state index in [4.69, 9.17) is 9.47 Å². The van der Waals surface area contributed by atoms with Gasteiger partial charge in [0, 0.05) is 24.2 Å². The van der Waals surface area contributed by atoms with Crippen molar-refractivity contribution < 1.29 is 9.47 Å². The molecule has 104 valence electrons. The molecular formula is C14H16N4O2. The predicted molar refractivity (Wildman–Crippen MR) is 71.7 cm³/mol. The summed E-state index contributed by atoms with van der Waals surface area (Å²) in [5, 5.41) is 0. The first-order valence-corrected chi connectivity index (χ1v) is 6.78. The van der Waals surface area contributed by atoms with Crippen molar-refractivity contribution in [2.75, 3.05) is 13.2 Å². The van der Waals surface area contributed by atoms with Gasteiger partial charge in [0.1, 0.15) is 12.0 Å². The van der Waals surface area contributed by atoms with Crippen LogP contribution in [0.2, 0.25) is 0 Å². The summed E-state index contributed by atoms with van der Waals surface area (Å²) in [6, 6.07) is 0. The van der Waals surface area contributed by atoms with Crippen LogP contribution in [0.5, 0.6) is 11.8 Å². The maximum atomic E-state index is 5.27. The van der Waals surface area contributed by atoms with E-state index in [1.165, 1.54) is 6.33 Å². The number of hydrogen-bond donors (Lipinski definition) is 0. The average Bonchev–Trinajstić information content (AvgIpc) is 2.56. The summed E-state index contributed by atoms with van der Waals surface area (Å²) in [7, 11) is 0. The highest BCUT2D eigenvalue weighted by Gasteiger charge is 2.10. The van der Waals surface area contributed by atoms with Gasteiger partial charge in [-0.1, -0.05) is 0 Å². The summed E-state index contributed by atoms with van der Waals surface area (Å²) in [6.45, 7) is 1.58. The topological polar surface area (TPSA) is 70.0 Å². The molecule has 2 aromatic rings. The number of rotatable bonds is 0. The minimum absolute atomic E-state index is 0.716. The molecule has 0 amide bonds. The lowest BCUT2D eigenvalue weighted by molar-refractivity contribution is 0.272. The van der Waals surface area contributed by atoms with Crippen molar-refractivity contribution in [2.45, 2.75) is 25.7 Å². The molecule has 0 aliphatic carbocycles. The van der Waals surface area contributed by atoms with Gasteiger partial charge in [0.05, 0.1) is 13.2 Å². The molecule has 0 bridgehead atoms. The molecule has 0 aromatic carbocycles. The lowest BCUT2D eigenvalue weighted by Crippen LogP contribution is -2.10. The van der Waals surface area contributed by atoms with E-state index in [1.807, 2.05) is 6.20 Å². The van der Waals surface area contributed by atoms with E-state index in [0.717, 1.165) is 56.0 Å². The van der Waals surface area contributed by atoms with E-state index in [1.54, 1.807) is 12.4 Å². The van der Waals surface area contributed by atoms with Gasteiger partial charge in [-0.05, 0) is 25.7 Å². The fraction of sp³-hybridized carbons (Fsp3) is 0.429. The maximum absolute atomic E-state index is 5.27. The van der Waals surface area contributed by atoms with Gasteiger partial charge in [-0.2, -0.15) is 0 Å². The molecule has 0 unspecified atom stereocenters. The monoisotopic (exact) mass is 272 g/mol. The number of fused-ring (bicyclic) bond motifs is 2. The largest absolute Gasteiger partial charge is 0.477 e. The maximum Gasteiger partial charge on any atom is 0.235 e. The highest BCUT2D eigenvalue weighted by molar-refractivity contribution is 5.23. The van der Waals surface area contributed by atoms with Gasteiger partial charge in [-0.15, -0.1) is 0 Å². The zero-order chi connectivity index (χ0) is 13.6. The standard InChI is InChI=1S/2C7H8N2O/c1-2-6-7(10-5-1)9-4-3-8-6;1-2-6-4-8-5-9-7(6)10-3-1/h3-4H,1-2,5H2;4-5H,1-3H2. The minimum atomic E-state index is 0.716. The summed E-state index contributed by atoms with van der Waals surface area (Å²) in [6.07, 6.45) is 10.9. The van der Waals surface area contributed by atoms with E-state index in [-0.39, 0.29) is 0 Å². The molecule has 0 N–H and O–H groups in total. The van der Waals surface area contributed by atoms with Crippen LogP contribution in [-0.2, 0) is 12.8 Å². The molecule has 2 aliphatic rings. The van der Waals surface area contributed by atoms with Crippen molar-refractivity contribution >= 4 is 0 Å². The van der Waals surface area contributed by atoms with E-state index < -0.39 is 0 Å². The number of aryl methyl sites for hydroxylation is 2. The van der Waals surface area contributed by atoms with Gasteiger partial charge >= 0.3 is 0 Å². The molecule has 6 nitrogen and oxygen atoms in total. The Morgan fingerprint density at radius 2 is 1.65 bits per heavy atom. The lowest BCUT2D eigenvalue weighted by Gasteiger charge is -2.13. The lowest BCUT2D eigenvalue weighted by atomic mass is 10.1. The van der Waals surface area contributed by atoms with Gasteiger partial charge in [0.2, 0.25) is 11.8 Å². The Morgan fingerprint density at radius 3 is 2.50 bits per heavy atom. The van der Waals surface area contributed by atoms with Gasteiger partial charge in [-0.25, -0.2) is 15.0 Å². The summed E-state index contributed by atoms with van der Waals surface area (Å²) < 4.78 is 10.5. The second kappa shape index (κ2) is 6.27. The SMILES string of the molecule is c1cnc2c(n1)CCCO2.c1ncc2c(n1)OCCC2. The van der Waals surface area contributed by atoms with Gasteiger partial charge in [0.15, 0.2) is 0 Å². The molecular weight excluding hydrogens is 256 g/mol. The Kier molecular flexibility index (Phi) is 4.01. The molecule has 2 aliphatic heterocycles. The van der Waals surface area contributed by atoms with Crippen molar-refractivity contribution in [1.82, 2.24) is 19.9 Å². The molecule has 0 fully saturated rings. The smallest absolute Gasteiger partial charge is 0.235 e. The average molecular weight is 272 g/mol. The summed E-state index contributed by atoms with van der Waals surface area (Å²) in [4.78, 5) is 16.1. The predicted octanol–water partition coefficient (Wildman–Crippen LogP) is 1.60. The van der Waals surface area contributed by atoms with Crippen molar-refractivity contribution in [3.05, 3.63) is 36.2 Å². The van der Waals surface area contributed by atoms with Crippen molar-refractivity contribution in [2.24, 2.45) is 0 Å². The van der Waals surface area contributed by atoms with Crippen LogP contribution in [0, 0.1) is 0 Å². The highest BCUT2D eigenvalue weighted by atomic mass is 16.5. The minimum Gasteiger partial charge on any atom is -0.477 e. The first-order chi connectivity index (χ1) is 9.93. The molecule has 0 saturated heterocycles. The van der Waals surface area contributed by atoms with Crippen LogP contribution in [0.15, 0.2) is 24.9 Å². The van der Waals surface area contributed by atoms with Crippen molar-refractivity contribution in [3.63, 3.8) is 0 Å². The number of hydrogen-bond acceptors (Lipinski definition) is 6. The summed E-state index contributed by atoms with van der Waals surface area (Å²) >= 11 is 0. The van der Waals surface area contributed by atoms with Crippen LogP contribution >= 0.6 is 0 Å². The van der Waals surface area contributed by atoms with Crippen LogP contribution in [-0.4, -0.2) is 33.1 Å². The van der Waals surface area contributed by atoms with E-state index in [0.29, 0.717) is 5.88 Å². The molecule has 0 spiro atoms. The van der Waals surface area contributed by atoms with E-state index in [2.05, 4.69) is 19.9 Å². The summed E-state index contributed by atoms with van der Waals surface area (Å²) in [5.74, 6) is 1.48. The Bertz CT molecular complexity index is 475. The third-order valence-corrected chi connectivity index (χ3v) is 3.11. The zero-order valence-corrected chi connectivity index (χ0v) is 11.2. The summed E-state index contributed by atoms with van der Waals surface area (Å²) in [5.41, 5.74) is 2.13. The molecule has 0 atom stereocenters.